The number of rotatable bonds is 4. The summed E-state index contributed by atoms with van der Waals surface area (Å²) in [5.74, 6) is 0.866. The number of aliphatic carboxylic acids is 1. The highest BCUT2D eigenvalue weighted by atomic mass is 19.1. The van der Waals surface area contributed by atoms with E-state index in [-0.39, 0.29) is 11.6 Å². The van der Waals surface area contributed by atoms with Crippen LogP contribution in [0.4, 0.5) is 4.39 Å². The number of allylic oxidation sites excluding steroid dienone is 4. The topological polar surface area (TPSA) is 77.8 Å². The number of aliphatic hydroxyl groups is 1. The van der Waals surface area contributed by atoms with Gasteiger partial charge in [-0.25, -0.2) is 14.0 Å². The van der Waals surface area contributed by atoms with E-state index in [0.717, 1.165) is 18.9 Å². The lowest BCUT2D eigenvalue weighted by molar-refractivity contribution is -0.131. The first kappa shape index (κ1) is 16.8. The number of halogens is 1. The van der Waals surface area contributed by atoms with Gasteiger partial charge in [0.05, 0.1) is 11.7 Å². The molecule has 2 fully saturated rings. The number of likely N-dealkylation sites (tertiary alicyclic amines) is 1. The molecule has 0 radical (unpaired) electrons. The van der Waals surface area contributed by atoms with Crippen LogP contribution in [-0.2, 0) is 9.59 Å². The quantitative estimate of drug-likeness (QED) is 0.601. The molecule has 3 aliphatic rings. The van der Waals surface area contributed by atoms with Crippen molar-refractivity contribution < 1.29 is 24.2 Å². The fourth-order valence-corrected chi connectivity index (χ4v) is 3.57. The van der Waals surface area contributed by atoms with Gasteiger partial charge in [-0.15, -0.1) is 0 Å². The predicted molar refractivity (Wildman–Crippen MR) is 85.8 cm³/mol. The number of carboxylic acid groups (broad SMARTS) is 1. The predicted octanol–water partition coefficient (Wildman–Crippen LogP) is 1.43. The first-order valence-corrected chi connectivity index (χ1v) is 8.14. The maximum atomic E-state index is 14.7. The molecule has 24 heavy (non-hydrogen) atoms. The summed E-state index contributed by atoms with van der Waals surface area (Å²) in [4.78, 5) is 23.9. The van der Waals surface area contributed by atoms with E-state index >= 15 is 0 Å². The van der Waals surface area contributed by atoms with E-state index < -0.39 is 18.2 Å². The second kappa shape index (κ2) is 6.85. The third-order valence-corrected chi connectivity index (χ3v) is 4.86. The van der Waals surface area contributed by atoms with Crippen LogP contribution in [0.25, 0.3) is 0 Å². The lowest BCUT2D eigenvalue weighted by atomic mass is 9.87. The van der Waals surface area contributed by atoms with Crippen LogP contribution in [0.1, 0.15) is 19.3 Å². The van der Waals surface area contributed by atoms with Crippen molar-refractivity contribution in [3.63, 3.8) is 0 Å². The molecule has 3 atom stereocenters. The van der Waals surface area contributed by atoms with Crippen molar-refractivity contribution in [2.45, 2.75) is 37.6 Å². The molecular weight excluding hydrogens is 313 g/mol. The van der Waals surface area contributed by atoms with Gasteiger partial charge >= 0.3 is 5.97 Å². The van der Waals surface area contributed by atoms with E-state index in [4.69, 9.17) is 5.11 Å². The van der Waals surface area contributed by atoms with Gasteiger partial charge in [0.1, 0.15) is 5.94 Å². The van der Waals surface area contributed by atoms with E-state index in [9.17, 15) is 19.1 Å². The monoisotopic (exact) mass is 333 g/mol. The van der Waals surface area contributed by atoms with E-state index in [1.165, 1.54) is 6.08 Å². The van der Waals surface area contributed by atoms with Crippen molar-refractivity contribution in [1.82, 2.24) is 4.90 Å². The Labute approximate surface area is 139 Å². The molecule has 0 aromatic rings. The van der Waals surface area contributed by atoms with Gasteiger partial charge in [-0.3, -0.25) is 4.90 Å². The van der Waals surface area contributed by atoms with E-state index in [2.05, 4.69) is 0 Å². The average Bonchev–Trinajstić information content (AvgIpc) is 3.36. The molecule has 6 heteroatoms. The van der Waals surface area contributed by atoms with E-state index in [1.54, 1.807) is 18.1 Å². The van der Waals surface area contributed by atoms with Gasteiger partial charge in [0, 0.05) is 25.2 Å². The third kappa shape index (κ3) is 3.41. The summed E-state index contributed by atoms with van der Waals surface area (Å²) in [6.45, 7) is 0.857. The minimum Gasteiger partial charge on any atom is -0.478 e. The average molecular weight is 333 g/mol. The highest BCUT2D eigenvalue weighted by Gasteiger charge is 2.42. The van der Waals surface area contributed by atoms with Crippen molar-refractivity contribution in [3.8, 4) is 0 Å². The molecule has 2 aliphatic carbocycles. The largest absolute Gasteiger partial charge is 0.478 e. The van der Waals surface area contributed by atoms with Gasteiger partial charge in [0.2, 0.25) is 0 Å². The molecule has 0 amide bonds. The Morgan fingerprint density at radius 2 is 2.17 bits per heavy atom. The molecule has 128 valence electrons. The SMILES string of the molecule is O=C=C1C=CC=C(C(C2CC2)N2CCC(O)/C(=C/C(=O)O)C2)C1F. The first-order valence-electron chi connectivity index (χ1n) is 8.14. The normalized spacial score (nSPS) is 30.8. The van der Waals surface area contributed by atoms with Crippen LogP contribution in [0.3, 0.4) is 0 Å². The van der Waals surface area contributed by atoms with Crippen molar-refractivity contribution >= 4 is 11.9 Å². The molecule has 1 heterocycles. The molecule has 1 saturated heterocycles. The zero-order valence-corrected chi connectivity index (χ0v) is 13.2. The van der Waals surface area contributed by atoms with Gasteiger partial charge in [0.25, 0.3) is 0 Å². The number of nitrogens with zero attached hydrogens (tertiary/aromatic N) is 1. The zero-order chi connectivity index (χ0) is 17.3. The summed E-state index contributed by atoms with van der Waals surface area (Å²) in [7, 11) is 0. The lowest BCUT2D eigenvalue weighted by Gasteiger charge is -2.40. The molecule has 0 aromatic heterocycles. The molecule has 1 saturated carbocycles. The van der Waals surface area contributed by atoms with Gasteiger partial charge in [0.15, 0.2) is 6.17 Å². The Bertz CT molecular complexity index is 671. The molecule has 0 bridgehead atoms. The Morgan fingerprint density at radius 3 is 2.79 bits per heavy atom. The molecule has 0 aromatic carbocycles. The highest BCUT2D eigenvalue weighted by molar-refractivity contribution is 5.81. The number of carboxylic acids is 1. The number of carbonyl (C=O) groups is 1. The molecule has 5 nitrogen and oxygen atoms in total. The maximum absolute atomic E-state index is 14.7. The van der Waals surface area contributed by atoms with Gasteiger partial charge in [-0.05, 0) is 42.4 Å². The first-order chi connectivity index (χ1) is 11.5. The van der Waals surface area contributed by atoms with Gasteiger partial charge in [-0.2, -0.15) is 0 Å². The van der Waals surface area contributed by atoms with Crippen molar-refractivity contribution in [3.05, 3.63) is 41.0 Å². The highest BCUT2D eigenvalue weighted by Crippen LogP contribution is 2.42. The number of hydrogen-bond donors (Lipinski definition) is 2. The van der Waals surface area contributed by atoms with Crippen LogP contribution >= 0.6 is 0 Å². The van der Waals surface area contributed by atoms with Crippen molar-refractivity contribution in [1.29, 1.82) is 0 Å². The summed E-state index contributed by atoms with van der Waals surface area (Å²) in [5, 5.41) is 19.0. The minimum atomic E-state index is -1.48. The molecule has 0 spiro atoms. The van der Waals surface area contributed by atoms with Crippen LogP contribution < -0.4 is 0 Å². The van der Waals surface area contributed by atoms with Crippen LogP contribution in [0.15, 0.2) is 41.0 Å². The smallest absolute Gasteiger partial charge is 0.328 e. The summed E-state index contributed by atoms with van der Waals surface area (Å²) >= 11 is 0. The summed E-state index contributed by atoms with van der Waals surface area (Å²) in [5.41, 5.74) is 0.967. The maximum Gasteiger partial charge on any atom is 0.328 e. The summed E-state index contributed by atoms with van der Waals surface area (Å²) < 4.78 is 14.7. The van der Waals surface area contributed by atoms with Crippen LogP contribution in [0, 0.1) is 5.92 Å². The number of aliphatic hydroxyl groups excluding tert-OH is 1. The second-order valence-electron chi connectivity index (χ2n) is 6.56. The summed E-state index contributed by atoms with van der Waals surface area (Å²) in [6.07, 6.45) is 5.97. The number of carbonyl (C=O) groups excluding carboxylic acids is 1. The Kier molecular flexibility index (Phi) is 4.81. The van der Waals surface area contributed by atoms with E-state index in [0.29, 0.717) is 36.6 Å². The van der Waals surface area contributed by atoms with Crippen LogP contribution in [0.5, 0.6) is 0 Å². The third-order valence-electron chi connectivity index (χ3n) is 4.86. The Hall–Kier alpha value is -2.01. The fourth-order valence-electron chi connectivity index (χ4n) is 3.57. The standard InChI is InChI=1S/C18H20FNO4/c19-17-12(10-21)2-1-3-14(17)18(11-4-5-11)20-7-6-15(22)13(9-20)8-16(23)24/h1-3,8,11,15,17-18,22H,4-7,9H2,(H,23,24)/b13-8+. The van der Waals surface area contributed by atoms with Crippen molar-refractivity contribution in [2.24, 2.45) is 5.92 Å². The number of piperidine rings is 1. The molecule has 3 rings (SSSR count). The molecule has 1 aliphatic heterocycles. The number of alkyl halides is 1. The fraction of sp³-hybridized carbons (Fsp3) is 0.500. The molecule has 3 unspecified atom stereocenters. The second-order valence-corrected chi connectivity index (χ2v) is 6.56. The minimum absolute atomic E-state index is 0.00324. The molecule has 2 N–H and O–H groups in total. The van der Waals surface area contributed by atoms with E-state index in [1.807, 2.05) is 4.90 Å². The molecular formula is C18H20FNO4. The zero-order valence-electron chi connectivity index (χ0n) is 13.2. The van der Waals surface area contributed by atoms with Crippen LogP contribution in [0.2, 0.25) is 0 Å². The number of hydrogen-bond acceptors (Lipinski definition) is 4. The van der Waals surface area contributed by atoms with Crippen LogP contribution in [-0.4, -0.2) is 58.4 Å². The summed E-state index contributed by atoms with van der Waals surface area (Å²) in [6, 6.07) is -0.182. The Balaban J connectivity index is 1.87. The van der Waals surface area contributed by atoms with Gasteiger partial charge < -0.3 is 10.2 Å². The van der Waals surface area contributed by atoms with Crippen molar-refractivity contribution in [2.75, 3.05) is 13.1 Å². The van der Waals surface area contributed by atoms with Gasteiger partial charge in [-0.1, -0.05) is 12.2 Å². The lowest BCUT2D eigenvalue weighted by Crippen LogP contribution is -2.47. The Morgan fingerprint density at radius 1 is 1.42 bits per heavy atom.